The van der Waals surface area contributed by atoms with Crippen LogP contribution in [-0.4, -0.2) is 72.9 Å². The summed E-state index contributed by atoms with van der Waals surface area (Å²) < 4.78 is 9.54. The lowest BCUT2D eigenvalue weighted by molar-refractivity contribution is -0.383. The van der Waals surface area contributed by atoms with Gasteiger partial charge in [-0.3, -0.25) is 10.1 Å². The Bertz CT molecular complexity index is 752. The standard InChI is InChI=1S/C12H14N4O8/c17-3-6-10(18)11(19)9(12(20)23-6)13-4-1-2-5(16(21)22)8-7(4)14-24-15-8/h1-2,6,9-13,17-20H,3H2/t6?,9-,10+,11?,12?/m1/s1. The molecule has 0 radical (unpaired) electrons. The fourth-order valence-electron chi connectivity index (χ4n) is 2.55. The summed E-state index contributed by atoms with van der Waals surface area (Å²) in [6.07, 6.45) is -5.61. The lowest BCUT2D eigenvalue weighted by atomic mass is 9.96. The molecule has 1 aromatic heterocycles. The number of fused-ring (bicyclic) bond motifs is 1. The van der Waals surface area contributed by atoms with E-state index in [4.69, 9.17) is 9.84 Å². The van der Waals surface area contributed by atoms with E-state index in [1.807, 2.05) is 0 Å². The summed E-state index contributed by atoms with van der Waals surface area (Å²) in [6, 6.07) is 1.28. The third-order valence-electron chi connectivity index (χ3n) is 3.81. The van der Waals surface area contributed by atoms with E-state index in [1.54, 1.807) is 0 Å². The number of non-ortho nitro benzene ring substituents is 1. The van der Waals surface area contributed by atoms with Gasteiger partial charge in [0, 0.05) is 6.07 Å². The molecule has 3 rings (SSSR count). The SMILES string of the molecule is O=[N+]([O-])c1ccc(N[C@H]2C(O)OC(CO)[C@H](O)C2O)c2nonc12. The summed E-state index contributed by atoms with van der Waals surface area (Å²) in [5.41, 5.74) is -0.238. The van der Waals surface area contributed by atoms with Crippen molar-refractivity contribution in [3.63, 3.8) is 0 Å². The van der Waals surface area contributed by atoms with Crippen molar-refractivity contribution in [2.45, 2.75) is 30.6 Å². The zero-order chi connectivity index (χ0) is 17.4. The number of nitro benzene ring substituents is 1. The molecule has 0 spiro atoms. The number of ether oxygens (including phenoxy) is 1. The fourth-order valence-corrected chi connectivity index (χ4v) is 2.55. The number of hydrogen-bond donors (Lipinski definition) is 5. The highest BCUT2D eigenvalue weighted by Crippen LogP contribution is 2.31. The van der Waals surface area contributed by atoms with Gasteiger partial charge in [-0.15, -0.1) is 0 Å². The quantitative estimate of drug-likeness (QED) is 0.316. The van der Waals surface area contributed by atoms with Gasteiger partial charge in [0.1, 0.15) is 24.4 Å². The van der Waals surface area contributed by atoms with Crippen LogP contribution in [-0.2, 0) is 4.74 Å². The Labute approximate surface area is 133 Å². The minimum Gasteiger partial charge on any atom is -0.394 e. The molecule has 1 fully saturated rings. The number of aliphatic hydroxyl groups excluding tert-OH is 4. The Morgan fingerprint density at radius 2 is 1.92 bits per heavy atom. The third-order valence-corrected chi connectivity index (χ3v) is 3.81. The monoisotopic (exact) mass is 342 g/mol. The Morgan fingerprint density at radius 1 is 1.21 bits per heavy atom. The summed E-state index contributed by atoms with van der Waals surface area (Å²) in [6.45, 7) is -0.586. The molecular formula is C12H14N4O8. The van der Waals surface area contributed by atoms with Crippen LogP contribution in [0.25, 0.3) is 11.0 Å². The van der Waals surface area contributed by atoms with Gasteiger partial charge >= 0.3 is 5.69 Å². The normalized spacial score (nSPS) is 30.4. The van der Waals surface area contributed by atoms with Crippen LogP contribution in [0.15, 0.2) is 16.8 Å². The van der Waals surface area contributed by atoms with Crippen LogP contribution >= 0.6 is 0 Å². The molecule has 12 nitrogen and oxygen atoms in total. The Balaban J connectivity index is 1.91. The van der Waals surface area contributed by atoms with Crippen molar-refractivity contribution >= 4 is 22.4 Å². The maximum Gasteiger partial charge on any atom is 0.300 e. The van der Waals surface area contributed by atoms with Crippen molar-refractivity contribution in [1.29, 1.82) is 0 Å². The molecule has 1 aromatic carbocycles. The molecule has 1 aliphatic rings. The zero-order valence-electron chi connectivity index (χ0n) is 12.0. The van der Waals surface area contributed by atoms with E-state index in [0.717, 1.165) is 6.07 Å². The molecule has 0 bridgehead atoms. The molecule has 0 saturated carbocycles. The molecule has 12 heteroatoms. The number of hydrogen-bond acceptors (Lipinski definition) is 11. The van der Waals surface area contributed by atoms with E-state index < -0.39 is 42.2 Å². The van der Waals surface area contributed by atoms with Crippen molar-refractivity contribution in [3.8, 4) is 0 Å². The lowest BCUT2D eigenvalue weighted by Crippen LogP contribution is -2.61. The molecule has 1 aliphatic heterocycles. The van der Waals surface area contributed by atoms with Crippen LogP contribution in [0.5, 0.6) is 0 Å². The van der Waals surface area contributed by atoms with Crippen LogP contribution < -0.4 is 5.32 Å². The van der Waals surface area contributed by atoms with E-state index in [2.05, 4.69) is 20.3 Å². The van der Waals surface area contributed by atoms with Gasteiger partial charge in [0.25, 0.3) is 0 Å². The predicted molar refractivity (Wildman–Crippen MR) is 75.8 cm³/mol. The summed E-state index contributed by atoms with van der Waals surface area (Å²) in [4.78, 5) is 10.3. The van der Waals surface area contributed by atoms with Crippen molar-refractivity contribution in [2.24, 2.45) is 0 Å². The van der Waals surface area contributed by atoms with Gasteiger partial charge in [0.15, 0.2) is 11.8 Å². The largest absolute Gasteiger partial charge is 0.394 e. The first-order chi connectivity index (χ1) is 11.4. The first kappa shape index (κ1) is 16.5. The van der Waals surface area contributed by atoms with Gasteiger partial charge in [0.2, 0.25) is 5.52 Å². The first-order valence-corrected chi connectivity index (χ1v) is 6.90. The Kier molecular flexibility index (Phi) is 4.29. The number of nitro groups is 1. The molecule has 0 aliphatic carbocycles. The highest BCUT2D eigenvalue weighted by Gasteiger charge is 2.44. The highest BCUT2D eigenvalue weighted by atomic mass is 16.6. The van der Waals surface area contributed by atoms with E-state index in [-0.39, 0.29) is 22.4 Å². The van der Waals surface area contributed by atoms with Gasteiger partial charge in [-0.1, -0.05) is 0 Å². The van der Waals surface area contributed by atoms with Gasteiger partial charge in [0.05, 0.1) is 17.2 Å². The Morgan fingerprint density at radius 3 is 2.58 bits per heavy atom. The molecular weight excluding hydrogens is 328 g/mol. The van der Waals surface area contributed by atoms with Gasteiger partial charge in [-0.2, -0.15) is 0 Å². The molecule has 3 unspecified atom stereocenters. The molecule has 5 N–H and O–H groups in total. The Hall–Kier alpha value is -2.38. The minimum atomic E-state index is -1.55. The van der Waals surface area contributed by atoms with E-state index in [1.165, 1.54) is 6.07 Å². The van der Waals surface area contributed by atoms with Crippen molar-refractivity contribution in [2.75, 3.05) is 11.9 Å². The molecule has 2 heterocycles. The molecule has 24 heavy (non-hydrogen) atoms. The highest BCUT2D eigenvalue weighted by molar-refractivity contribution is 5.93. The maximum atomic E-state index is 10.9. The van der Waals surface area contributed by atoms with Crippen LogP contribution in [0.1, 0.15) is 0 Å². The maximum absolute atomic E-state index is 10.9. The van der Waals surface area contributed by atoms with Crippen LogP contribution in [0.3, 0.4) is 0 Å². The van der Waals surface area contributed by atoms with Gasteiger partial charge < -0.3 is 30.5 Å². The molecule has 0 amide bonds. The minimum absolute atomic E-state index is 0.0161. The smallest absolute Gasteiger partial charge is 0.300 e. The van der Waals surface area contributed by atoms with E-state index in [9.17, 15) is 25.4 Å². The third kappa shape index (κ3) is 2.65. The van der Waals surface area contributed by atoms with Gasteiger partial charge in [-0.05, 0) is 16.4 Å². The molecule has 5 atom stereocenters. The summed E-state index contributed by atoms with van der Waals surface area (Å²) >= 11 is 0. The second-order valence-electron chi connectivity index (χ2n) is 5.25. The summed E-state index contributed by atoms with van der Waals surface area (Å²) in [5, 5.41) is 59.7. The van der Waals surface area contributed by atoms with Crippen molar-refractivity contribution in [3.05, 3.63) is 22.2 Å². The number of anilines is 1. The first-order valence-electron chi connectivity index (χ1n) is 6.90. The lowest BCUT2D eigenvalue weighted by Gasteiger charge is -2.40. The second kappa shape index (κ2) is 6.26. The molecule has 1 saturated heterocycles. The fraction of sp³-hybridized carbons (Fsp3) is 0.500. The predicted octanol–water partition coefficient (Wildman–Crippen LogP) is -1.66. The van der Waals surface area contributed by atoms with Gasteiger partial charge in [-0.25, -0.2) is 4.63 Å². The number of nitrogens with zero attached hydrogens (tertiary/aromatic N) is 3. The van der Waals surface area contributed by atoms with Crippen molar-refractivity contribution in [1.82, 2.24) is 10.3 Å². The topological polar surface area (TPSA) is 184 Å². The summed E-state index contributed by atoms with van der Waals surface area (Å²) in [7, 11) is 0. The number of nitrogens with one attached hydrogen (secondary N) is 1. The molecule has 2 aromatic rings. The van der Waals surface area contributed by atoms with E-state index in [0.29, 0.717) is 0 Å². The van der Waals surface area contributed by atoms with E-state index >= 15 is 0 Å². The second-order valence-corrected chi connectivity index (χ2v) is 5.25. The zero-order valence-corrected chi connectivity index (χ0v) is 12.0. The number of rotatable bonds is 4. The van der Waals surface area contributed by atoms with Crippen LogP contribution in [0, 0.1) is 10.1 Å². The molecule has 130 valence electrons. The van der Waals surface area contributed by atoms with Crippen LogP contribution in [0.4, 0.5) is 11.4 Å². The van der Waals surface area contributed by atoms with Crippen molar-refractivity contribution < 1.29 is 34.7 Å². The average molecular weight is 342 g/mol. The average Bonchev–Trinajstić information content (AvgIpc) is 3.04. The van der Waals surface area contributed by atoms with Crippen LogP contribution in [0.2, 0.25) is 0 Å². The number of aliphatic hydroxyl groups is 4. The number of aromatic nitrogens is 2. The summed E-state index contributed by atoms with van der Waals surface area (Å²) in [5.74, 6) is 0. The number of benzene rings is 1.